The molecule has 6 heteroatoms. The summed E-state index contributed by atoms with van der Waals surface area (Å²) in [7, 11) is 1.59. The van der Waals surface area contributed by atoms with Gasteiger partial charge in [-0.15, -0.1) is 0 Å². The third-order valence-electron chi connectivity index (χ3n) is 3.00. The van der Waals surface area contributed by atoms with Gasteiger partial charge in [-0.3, -0.25) is 9.59 Å². The number of carboxylic acids is 1. The van der Waals surface area contributed by atoms with Crippen molar-refractivity contribution in [3.8, 4) is 5.75 Å². The highest BCUT2D eigenvalue weighted by molar-refractivity contribution is 5.67. The van der Waals surface area contributed by atoms with Crippen LogP contribution in [0.1, 0.15) is 17.5 Å². The zero-order valence-electron chi connectivity index (χ0n) is 11.1. The Hall–Kier alpha value is -2.50. The van der Waals surface area contributed by atoms with E-state index in [4.69, 9.17) is 9.84 Å². The molecule has 2 N–H and O–H groups in total. The summed E-state index contributed by atoms with van der Waals surface area (Å²) in [5, 5.41) is 11.5. The van der Waals surface area contributed by atoms with E-state index in [1.54, 1.807) is 13.3 Å². The number of hydrogen-bond donors (Lipinski definition) is 2. The van der Waals surface area contributed by atoms with E-state index in [2.05, 4.69) is 5.10 Å². The van der Waals surface area contributed by atoms with Crippen molar-refractivity contribution in [2.75, 3.05) is 7.11 Å². The quantitative estimate of drug-likeness (QED) is 0.831. The highest BCUT2D eigenvalue weighted by Gasteiger charge is 2.08. The molecule has 2 aromatic rings. The molecule has 0 aliphatic rings. The summed E-state index contributed by atoms with van der Waals surface area (Å²) < 4.78 is 6.58. The smallest absolute Gasteiger partial charge is 0.303 e. The molecule has 0 fully saturated rings. The van der Waals surface area contributed by atoms with Crippen LogP contribution in [-0.4, -0.2) is 28.0 Å². The first kappa shape index (κ1) is 13.9. The van der Waals surface area contributed by atoms with Crippen LogP contribution in [0.3, 0.4) is 0 Å². The fourth-order valence-electron chi connectivity index (χ4n) is 1.94. The molecule has 20 heavy (non-hydrogen) atoms. The van der Waals surface area contributed by atoms with Gasteiger partial charge >= 0.3 is 5.97 Å². The van der Waals surface area contributed by atoms with Gasteiger partial charge < -0.3 is 14.9 Å². The molecule has 0 spiro atoms. The van der Waals surface area contributed by atoms with Gasteiger partial charge in [0.25, 0.3) is 5.56 Å². The maximum atomic E-state index is 12.0. The zero-order valence-corrected chi connectivity index (χ0v) is 11.1. The summed E-state index contributed by atoms with van der Waals surface area (Å²) in [6.07, 6.45) is 1.74. The van der Waals surface area contributed by atoms with Crippen molar-refractivity contribution in [2.24, 2.45) is 0 Å². The second-order valence-corrected chi connectivity index (χ2v) is 4.44. The number of methoxy groups -OCH3 is 1. The molecule has 2 rings (SSSR count). The van der Waals surface area contributed by atoms with E-state index in [0.29, 0.717) is 12.1 Å². The molecule has 0 unspecified atom stereocenters. The van der Waals surface area contributed by atoms with Crippen LogP contribution in [0.25, 0.3) is 0 Å². The summed E-state index contributed by atoms with van der Waals surface area (Å²) in [6, 6.07) is 7.43. The molecule has 1 aromatic heterocycles. The number of aliphatic carboxylic acids is 1. The average molecular weight is 276 g/mol. The highest BCUT2D eigenvalue weighted by Crippen LogP contribution is 2.13. The van der Waals surface area contributed by atoms with Crippen LogP contribution in [0.4, 0.5) is 0 Å². The summed E-state index contributed by atoms with van der Waals surface area (Å²) in [6.45, 7) is 0.392. The number of hydrogen-bond acceptors (Lipinski definition) is 3. The second-order valence-electron chi connectivity index (χ2n) is 4.44. The summed E-state index contributed by atoms with van der Waals surface area (Å²) in [4.78, 5) is 22.6. The van der Waals surface area contributed by atoms with E-state index >= 15 is 0 Å². The number of carboxylic acid groups (broad SMARTS) is 1. The number of nitrogens with one attached hydrogen (secondary N) is 1. The molecular weight excluding hydrogens is 260 g/mol. The number of aryl methyl sites for hydroxylation is 1. The number of aromatic nitrogens is 2. The third-order valence-corrected chi connectivity index (χ3v) is 3.00. The van der Waals surface area contributed by atoms with Gasteiger partial charge in [0.15, 0.2) is 0 Å². The van der Waals surface area contributed by atoms with E-state index in [1.165, 1.54) is 4.68 Å². The Morgan fingerprint density at radius 1 is 1.45 bits per heavy atom. The fraction of sp³-hybridized carbons (Fsp3) is 0.286. The molecule has 0 saturated heterocycles. The van der Waals surface area contributed by atoms with Crippen molar-refractivity contribution in [1.82, 2.24) is 9.78 Å². The first-order valence-electron chi connectivity index (χ1n) is 6.22. The van der Waals surface area contributed by atoms with Crippen molar-refractivity contribution in [3.05, 3.63) is 51.9 Å². The molecule has 0 amide bonds. The Kier molecular flexibility index (Phi) is 4.24. The average Bonchev–Trinajstić information content (AvgIpc) is 2.78. The SMILES string of the molecule is COc1cccc(Cn2[nH]cc(CCC(=O)O)c2=O)c1. The number of carbonyl (C=O) groups is 1. The molecule has 0 radical (unpaired) electrons. The van der Waals surface area contributed by atoms with Crippen LogP contribution in [0.2, 0.25) is 0 Å². The molecule has 0 atom stereocenters. The van der Waals surface area contributed by atoms with E-state index in [1.807, 2.05) is 24.3 Å². The maximum Gasteiger partial charge on any atom is 0.303 e. The number of nitrogens with zero attached hydrogens (tertiary/aromatic N) is 1. The van der Waals surface area contributed by atoms with Gasteiger partial charge in [-0.25, -0.2) is 4.68 Å². The monoisotopic (exact) mass is 276 g/mol. The van der Waals surface area contributed by atoms with Crippen molar-refractivity contribution in [1.29, 1.82) is 0 Å². The Morgan fingerprint density at radius 2 is 2.25 bits per heavy atom. The fourth-order valence-corrected chi connectivity index (χ4v) is 1.94. The third kappa shape index (κ3) is 3.28. The van der Waals surface area contributed by atoms with Crippen molar-refractivity contribution in [3.63, 3.8) is 0 Å². The Morgan fingerprint density at radius 3 is 2.95 bits per heavy atom. The van der Waals surface area contributed by atoms with Gasteiger partial charge in [-0.2, -0.15) is 0 Å². The van der Waals surface area contributed by atoms with Gasteiger partial charge in [0.1, 0.15) is 5.75 Å². The lowest BCUT2D eigenvalue weighted by molar-refractivity contribution is -0.136. The van der Waals surface area contributed by atoms with E-state index in [9.17, 15) is 9.59 Å². The van der Waals surface area contributed by atoms with Gasteiger partial charge in [0, 0.05) is 18.2 Å². The molecule has 6 nitrogen and oxygen atoms in total. The molecule has 0 aliphatic carbocycles. The molecule has 1 heterocycles. The Bertz CT molecular complexity index is 657. The lowest BCUT2D eigenvalue weighted by Gasteiger charge is -2.04. The highest BCUT2D eigenvalue weighted by atomic mass is 16.5. The predicted molar refractivity (Wildman–Crippen MR) is 73.1 cm³/mol. The number of ether oxygens (including phenoxy) is 1. The predicted octanol–water partition coefficient (Wildman–Crippen LogP) is 1.25. The minimum absolute atomic E-state index is 0.0494. The van der Waals surface area contributed by atoms with Crippen LogP contribution in [0.5, 0.6) is 5.75 Å². The van der Waals surface area contributed by atoms with Gasteiger partial charge in [-0.05, 0) is 24.1 Å². The van der Waals surface area contributed by atoms with Crippen molar-refractivity contribution < 1.29 is 14.6 Å². The number of benzene rings is 1. The number of aromatic amines is 1. The summed E-state index contributed by atoms with van der Waals surface area (Å²) >= 11 is 0. The first-order valence-corrected chi connectivity index (χ1v) is 6.22. The largest absolute Gasteiger partial charge is 0.497 e. The maximum absolute atomic E-state index is 12.0. The molecule has 1 aromatic carbocycles. The van der Waals surface area contributed by atoms with Gasteiger partial charge in [-0.1, -0.05) is 12.1 Å². The molecule has 106 valence electrons. The zero-order chi connectivity index (χ0) is 14.5. The van der Waals surface area contributed by atoms with Crippen LogP contribution in [0, 0.1) is 0 Å². The molecule has 0 bridgehead atoms. The van der Waals surface area contributed by atoms with Gasteiger partial charge in [0.2, 0.25) is 0 Å². The number of H-pyrrole nitrogens is 1. The minimum Gasteiger partial charge on any atom is -0.497 e. The number of rotatable bonds is 6. The summed E-state index contributed by atoms with van der Waals surface area (Å²) in [5.74, 6) is -0.182. The minimum atomic E-state index is -0.912. The van der Waals surface area contributed by atoms with E-state index < -0.39 is 5.97 Å². The lowest BCUT2D eigenvalue weighted by Crippen LogP contribution is -2.20. The summed E-state index contributed by atoms with van der Waals surface area (Å²) in [5.41, 5.74) is 1.22. The van der Waals surface area contributed by atoms with Crippen molar-refractivity contribution in [2.45, 2.75) is 19.4 Å². The first-order chi connectivity index (χ1) is 9.60. The topological polar surface area (TPSA) is 84.3 Å². The standard InChI is InChI=1S/C14H16N2O4/c1-20-12-4-2-3-10(7-12)9-16-14(19)11(8-15-16)5-6-13(17)18/h2-4,7-8,15H,5-6,9H2,1H3,(H,17,18). The van der Waals surface area contributed by atoms with Crippen LogP contribution >= 0.6 is 0 Å². The Labute approximate surface area is 115 Å². The Balaban J connectivity index is 2.13. The van der Waals surface area contributed by atoms with Crippen LogP contribution in [0.15, 0.2) is 35.3 Å². The molecular formula is C14H16N2O4. The van der Waals surface area contributed by atoms with Gasteiger partial charge in [0.05, 0.1) is 13.7 Å². The second kappa shape index (κ2) is 6.10. The van der Waals surface area contributed by atoms with Crippen LogP contribution < -0.4 is 10.3 Å². The van der Waals surface area contributed by atoms with E-state index in [0.717, 1.165) is 11.3 Å². The normalized spacial score (nSPS) is 10.4. The molecule has 0 aliphatic heterocycles. The molecule has 0 saturated carbocycles. The van der Waals surface area contributed by atoms with Crippen LogP contribution in [-0.2, 0) is 17.8 Å². The van der Waals surface area contributed by atoms with E-state index in [-0.39, 0.29) is 18.4 Å². The lowest BCUT2D eigenvalue weighted by atomic mass is 10.2. The van der Waals surface area contributed by atoms with Crippen molar-refractivity contribution >= 4 is 5.97 Å².